The van der Waals surface area contributed by atoms with Gasteiger partial charge in [-0.1, -0.05) is 6.07 Å². The Hall–Kier alpha value is -4.08. The standard InChI is InChI=1S/C31H37NO17/c1-45-19-6-12(2-4-17(19)46-30-27(41)25(39)23(37)20(10-33)48-30)3-5-22(36)32-14-9-18(16(35)8-13(14)7-15(32)29(43)44)47-31-28(42)26(40)24(38)21(11-34)49-31/h2-6,8-9,15,20-21,23-28,30-31,33-35,37-42H,7,10-11H2,1H3,(H,43,44). The number of benzene rings is 2. The number of carboxylic acid groups (broad SMARTS) is 1. The smallest absolute Gasteiger partial charge is 0.327 e. The molecule has 0 saturated carbocycles. The van der Waals surface area contributed by atoms with Crippen molar-refractivity contribution in [1.29, 1.82) is 0 Å². The normalized spacial score (nSPS) is 32.9. The summed E-state index contributed by atoms with van der Waals surface area (Å²) in [7, 11) is 1.31. The van der Waals surface area contributed by atoms with Gasteiger partial charge in [-0.2, -0.15) is 0 Å². The number of carbonyl (C=O) groups is 2. The zero-order valence-corrected chi connectivity index (χ0v) is 25.8. The molecule has 268 valence electrons. The van der Waals surface area contributed by atoms with E-state index in [4.69, 9.17) is 23.7 Å². The van der Waals surface area contributed by atoms with Crippen LogP contribution in [0, 0.1) is 0 Å². The van der Waals surface area contributed by atoms with E-state index in [1.165, 1.54) is 37.5 Å². The number of methoxy groups -OCH3 is 1. The number of carboxylic acids is 1. The summed E-state index contributed by atoms with van der Waals surface area (Å²) in [4.78, 5) is 26.6. The van der Waals surface area contributed by atoms with Crippen molar-refractivity contribution in [2.24, 2.45) is 0 Å². The third-order valence-electron chi connectivity index (χ3n) is 8.46. The Morgan fingerprint density at radius 3 is 1.92 bits per heavy atom. The third-order valence-corrected chi connectivity index (χ3v) is 8.46. The number of aliphatic carboxylic acids is 1. The number of nitrogens with zero attached hydrogens (tertiary/aromatic N) is 1. The van der Waals surface area contributed by atoms with Gasteiger partial charge in [-0.15, -0.1) is 0 Å². The van der Waals surface area contributed by atoms with Crippen LogP contribution in [-0.4, -0.2) is 151 Å². The molecule has 18 nitrogen and oxygen atoms in total. The van der Waals surface area contributed by atoms with Gasteiger partial charge in [0.05, 0.1) is 26.0 Å². The predicted molar refractivity (Wildman–Crippen MR) is 162 cm³/mol. The average Bonchev–Trinajstić information content (AvgIpc) is 3.46. The van der Waals surface area contributed by atoms with Crippen LogP contribution in [0.3, 0.4) is 0 Å². The molecule has 2 fully saturated rings. The maximum absolute atomic E-state index is 13.5. The van der Waals surface area contributed by atoms with Gasteiger partial charge in [-0.25, -0.2) is 4.79 Å². The summed E-state index contributed by atoms with van der Waals surface area (Å²) >= 11 is 0. The maximum atomic E-state index is 13.5. The summed E-state index contributed by atoms with van der Waals surface area (Å²) in [6, 6.07) is 5.30. The summed E-state index contributed by atoms with van der Waals surface area (Å²) in [5, 5.41) is 100. The quantitative estimate of drug-likeness (QED) is 0.110. The van der Waals surface area contributed by atoms with Gasteiger partial charge >= 0.3 is 5.97 Å². The highest BCUT2D eigenvalue weighted by Crippen LogP contribution is 2.42. The number of amides is 1. The van der Waals surface area contributed by atoms with Crippen LogP contribution in [0.5, 0.6) is 23.0 Å². The maximum Gasteiger partial charge on any atom is 0.327 e. The molecule has 0 aromatic heterocycles. The molecular formula is C31H37NO17. The van der Waals surface area contributed by atoms with Gasteiger partial charge in [0.15, 0.2) is 23.0 Å². The van der Waals surface area contributed by atoms with Gasteiger partial charge in [-0.05, 0) is 35.4 Å². The Kier molecular flexibility index (Phi) is 10.9. The number of rotatable bonds is 10. The number of phenols is 1. The van der Waals surface area contributed by atoms with Crippen molar-refractivity contribution in [1.82, 2.24) is 0 Å². The molecule has 11 atom stereocenters. The molecule has 3 aliphatic rings. The van der Waals surface area contributed by atoms with Crippen LogP contribution < -0.4 is 19.1 Å². The first-order valence-electron chi connectivity index (χ1n) is 15.0. The van der Waals surface area contributed by atoms with Crippen molar-refractivity contribution in [2.75, 3.05) is 25.2 Å². The van der Waals surface area contributed by atoms with E-state index >= 15 is 0 Å². The summed E-state index contributed by atoms with van der Waals surface area (Å²) in [5.41, 5.74) is 0.722. The Labute approximate surface area is 277 Å². The molecule has 0 aliphatic carbocycles. The van der Waals surface area contributed by atoms with Crippen molar-refractivity contribution >= 4 is 23.6 Å². The number of aliphatic hydroxyl groups excluding tert-OH is 8. The van der Waals surface area contributed by atoms with Gasteiger partial charge in [0, 0.05) is 18.6 Å². The van der Waals surface area contributed by atoms with E-state index in [1.54, 1.807) is 0 Å². The minimum absolute atomic E-state index is 0.0430. The second kappa shape index (κ2) is 14.8. The van der Waals surface area contributed by atoms with Gasteiger partial charge in [0.2, 0.25) is 12.6 Å². The highest BCUT2D eigenvalue weighted by molar-refractivity contribution is 6.09. The van der Waals surface area contributed by atoms with Gasteiger partial charge in [-0.3, -0.25) is 9.69 Å². The van der Waals surface area contributed by atoms with E-state index in [0.29, 0.717) is 5.56 Å². The Balaban J connectivity index is 1.36. The molecule has 49 heavy (non-hydrogen) atoms. The third kappa shape index (κ3) is 7.15. The van der Waals surface area contributed by atoms with Crippen LogP contribution in [0.4, 0.5) is 5.69 Å². The molecule has 1 amide bonds. The fourth-order valence-electron chi connectivity index (χ4n) is 5.73. The molecule has 0 spiro atoms. The summed E-state index contributed by atoms with van der Waals surface area (Å²) in [6.07, 6.45) is -13.5. The van der Waals surface area contributed by atoms with Crippen LogP contribution in [0.25, 0.3) is 6.08 Å². The van der Waals surface area contributed by atoms with E-state index in [2.05, 4.69) is 0 Å². The molecule has 2 saturated heterocycles. The highest BCUT2D eigenvalue weighted by Gasteiger charge is 2.46. The fraction of sp³-hybridized carbons (Fsp3) is 0.484. The average molecular weight is 696 g/mol. The zero-order chi connectivity index (χ0) is 35.7. The van der Waals surface area contributed by atoms with Crippen LogP contribution in [0.2, 0.25) is 0 Å². The van der Waals surface area contributed by atoms with Crippen molar-refractivity contribution in [2.45, 2.75) is 73.9 Å². The van der Waals surface area contributed by atoms with E-state index < -0.39 is 98.3 Å². The molecule has 0 radical (unpaired) electrons. The van der Waals surface area contributed by atoms with Gasteiger partial charge in [0.25, 0.3) is 5.91 Å². The van der Waals surface area contributed by atoms with E-state index in [0.717, 1.165) is 17.0 Å². The molecule has 11 unspecified atom stereocenters. The SMILES string of the molecule is COc1cc(C=CC(=O)N2c3cc(OC4OC(CO)C(O)C(O)C4O)c(O)cc3CC2C(=O)O)ccc1OC1OC(CO)C(O)C(O)C1O. The van der Waals surface area contributed by atoms with E-state index in [9.17, 15) is 60.7 Å². The summed E-state index contributed by atoms with van der Waals surface area (Å²) < 4.78 is 27.2. The number of anilines is 1. The van der Waals surface area contributed by atoms with Gasteiger partial charge in [0.1, 0.15) is 54.9 Å². The van der Waals surface area contributed by atoms with Crippen LogP contribution in [0.1, 0.15) is 11.1 Å². The lowest BCUT2D eigenvalue weighted by Crippen LogP contribution is -2.60. The lowest BCUT2D eigenvalue weighted by Gasteiger charge is -2.39. The number of carbonyl (C=O) groups excluding carboxylic acids is 1. The molecule has 18 heteroatoms. The largest absolute Gasteiger partial charge is 0.504 e. The first-order valence-corrected chi connectivity index (χ1v) is 15.0. The van der Waals surface area contributed by atoms with Gasteiger partial charge < -0.3 is 74.7 Å². The van der Waals surface area contributed by atoms with E-state index in [1.807, 2.05) is 0 Å². The zero-order valence-electron chi connectivity index (χ0n) is 25.8. The minimum Gasteiger partial charge on any atom is -0.504 e. The lowest BCUT2D eigenvalue weighted by atomic mass is 9.99. The van der Waals surface area contributed by atoms with Crippen LogP contribution >= 0.6 is 0 Å². The van der Waals surface area contributed by atoms with Crippen LogP contribution in [0.15, 0.2) is 36.4 Å². The topological polar surface area (TPSA) is 286 Å². The number of phenolic OH excluding ortho intramolecular Hbond substituents is 1. The minimum atomic E-state index is -1.80. The second-order valence-electron chi connectivity index (χ2n) is 11.6. The Morgan fingerprint density at radius 2 is 1.39 bits per heavy atom. The number of ether oxygens (including phenoxy) is 5. The van der Waals surface area contributed by atoms with E-state index in [-0.39, 0.29) is 34.9 Å². The highest BCUT2D eigenvalue weighted by atomic mass is 16.7. The summed E-state index contributed by atoms with van der Waals surface area (Å²) in [6.45, 7) is -1.38. The number of hydrogen-bond donors (Lipinski definition) is 10. The van der Waals surface area contributed by atoms with Crippen molar-refractivity contribution in [3.8, 4) is 23.0 Å². The van der Waals surface area contributed by atoms with Crippen molar-refractivity contribution < 1.29 is 84.3 Å². The van der Waals surface area contributed by atoms with Crippen molar-refractivity contribution in [3.05, 3.63) is 47.5 Å². The van der Waals surface area contributed by atoms with Crippen molar-refractivity contribution in [3.63, 3.8) is 0 Å². The number of fused-ring (bicyclic) bond motifs is 1. The second-order valence-corrected chi connectivity index (χ2v) is 11.6. The molecule has 3 aliphatic heterocycles. The number of hydrogen-bond acceptors (Lipinski definition) is 16. The number of aliphatic hydroxyl groups is 8. The molecule has 2 aromatic carbocycles. The molecular weight excluding hydrogens is 658 g/mol. The lowest BCUT2D eigenvalue weighted by molar-refractivity contribution is -0.277. The Morgan fingerprint density at radius 1 is 0.816 bits per heavy atom. The van der Waals surface area contributed by atoms with Crippen LogP contribution in [-0.2, 0) is 25.5 Å². The molecule has 2 aromatic rings. The Bertz CT molecular complexity index is 1550. The number of aromatic hydroxyl groups is 1. The monoisotopic (exact) mass is 695 g/mol. The molecule has 5 rings (SSSR count). The fourth-order valence-corrected chi connectivity index (χ4v) is 5.73. The predicted octanol–water partition coefficient (Wildman–Crippen LogP) is -3.19. The first-order chi connectivity index (χ1) is 23.3. The molecule has 3 heterocycles. The summed E-state index contributed by atoms with van der Waals surface area (Å²) in [5.74, 6) is -2.83. The molecule has 0 bridgehead atoms. The first kappa shape index (κ1) is 36.2. The molecule has 10 N–H and O–H groups in total.